The second-order valence-electron chi connectivity index (χ2n) is 5.43. The normalized spacial score (nSPS) is 23.2. The van der Waals surface area contributed by atoms with Crippen molar-refractivity contribution in [3.05, 3.63) is 62.8 Å². The van der Waals surface area contributed by atoms with Gasteiger partial charge in [-0.05, 0) is 30.3 Å². The average molecular weight is 307 g/mol. The molecule has 20 heavy (non-hydrogen) atoms. The van der Waals surface area contributed by atoms with E-state index in [-0.39, 0.29) is 4.65 Å². The van der Waals surface area contributed by atoms with Crippen LogP contribution in [0.2, 0.25) is 10.0 Å². The molecule has 2 aromatic rings. The van der Waals surface area contributed by atoms with Crippen LogP contribution in [0.15, 0.2) is 36.4 Å². The Kier molecular flexibility index (Phi) is 2.57. The Balaban J connectivity index is 1.90. The minimum Gasteiger partial charge on any atom is -0.626 e. The van der Waals surface area contributed by atoms with Crippen molar-refractivity contribution in [2.75, 3.05) is 11.6 Å². The summed E-state index contributed by atoms with van der Waals surface area (Å²) in [6.07, 6.45) is 0. The predicted molar refractivity (Wildman–Crippen MR) is 82.8 cm³/mol. The molecule has 2 bridgehead atoms. The second-order valence-corrected chi connectivity index (χ2v) is 6.31. The van der Waals surface area contributed by atoms with E-state index in [2.05, 4.69) is 4.90 Å². The van der Waals surface area contributed by atoms with Crippen LogP contribution in [0.5, 0.6) is 0 Å². The Hall–Kier alpha value is -1.26. The third-order valence-electron chi connectivity index (χ3n) is 4.05. The van der Waals surface area contributed by atoms with Gasteiger partial charge in [-0.25, -0.2) is 0 Å². The summed E-state index contributed by atoms with van der Waals surface area (Å²) in [7, 11) is 0. The van der Waals surface area contributed by atoms with Gasteiger partial charge >= 0.3 is 0 Å². The molecular weight excluding hydrogens is 295 g/mol. The molecule has 0 fully saturated rings. The molecule has 102 valence electrons. The van der Waals surface area contributed by atoms with E-state index in [1.807, 2.05) is 30.3 Å². The number of hydrogen-bond donors (Lipinski definition) is 0. The molecule has 2 aliphatic rings. The third kappa shape index (κ3) is 1.75. The van der Waals surface area contributed by atoms with Crippen LogP contribution in [-0.4, -0.2) is 6.67 Å². The Morgan fingerprint density at radius 3 is 2.50 bits per heavy atom. The van der Waals surface area contributed by atoms with Crippen LogP contribution in [-0.2, 0) is 13.1 Å². The highest BCUT2D eigenvalue weighted by molar-refractivity contribution is 6.31. The lowest BCUT2D eigenvalue weighted by Crippen LogP contribution is -2.57. The minimum atomic E-state index is -0.361. The molecule has 2 heterocycles. The van der Waals surface area contributed by atoms with Crippen LogP contribution in [0.25, 0.3) is 0 Å². The lowest BCUT2D eigenvalue weighted by molar-refractivity contribution is 0.323. The van der Waals surface area contributed by atoms with E-state index in [9.17, 15) is 5.21 Å². The molecule has 0 saturated carbocycles. The van der Waals surface area contributed by atoms with Crippen LogP contribution in [0.1, 0.15) is 11.1 Å². The smallest absolute Gasteiger partial charge is 0.159 e. The van der Waals surface area contributed by atoms with Gasteiger partial charge < -0.3 is 14.8 Å². The van der Waals surface area contributed by atoms with E-state index < -0.39 is 0 Å². The molecule has 1 unspecified atom stereocenters. The van der Waals surface area contributed by atoms with Gasteiger partial charge in [-0.3, -0.25) is 0 Å². The van der Waals surface area contributed by atoms with Crippen LogP contribution < -0.4 is 9.55 Å². The van der Waals surface area contributed by atoms with E-state index in [0.717, 1.165) is 22.5 Å². The largest absolute Gasteiger partial charge is 0.626 e. The Labute approximate surface area is 127 Å². The molecule has 0 spiro atoms. The average Bonchev–Trinajstić information content (AvgIpc) is 2.37. The van der Waals surface area contributed by atoms with Gasteiger partial charge in [0.15, 0.2) is 6.67 Å². The van der Waals surface area contributed by atoms with Crippen LogP contribution >= 0.6 is 23.2 Å². The summed E-state index contributed by atoms with van der Waals surface area (Å²) in [5.41, 5.74) is 3.94. The Bertz CT molecular complexity index is 719. The molecule has 0 aliphatic carbocycles. The van der Waals surface area contributed by atoms with Crippen molar-refractivity contribution in [3.63, 3.8) is 0 Å². The minimum absolute atomic E-state index is 0.361. The summed E-state index contributed by atoms with van der Waals surface area (Å²) in [6, 6.07) is 11.3. The quantitative estimate of drug-likeness (QED) is 0.536. The van der Waals surface area contributed by atoms with Crippen LogP contribution in [0, 0.1) is 5.21 Å². The predicted octanol–water partition coefficient (Wildman–Crippen LogP) is 4.29. The van der Waals surface area contributed by atoms with Crippen molar-refractivity contribution in [2.45, 2.75) is 13.1 Å². The zero-order valence-corrected chi connectivity index (χ0v) is 12.2. The number of hydroxylamine groups is 2. The van der Waals surface area contributed by atoms with Gasteiger partial charge in [-0.15, -0.1) is 0 Å². The summed E-state index contributed by atoms with van der Waals surface area (Å²) in [6.45, 7) is 1.58. The van der Waals surface area contributed by atoms with Gasteiger partial charge in [-0.2, -0.15) is 0 Å². The van der Waals surface area contributed by atoms with E-state index in [1.54, 1.807) is 6.07 Å². The maximum atomic E-state index is 13.2. The number of halogens is 2. The van der Waals surface area contributed by atoms with Crippen molar-refractivity contribution < 1.29 is 0 Å². The molecule has 0 N–H and O–H groups in total. The summed E-state index contributed by atoms with van der Waals surface area (Å²) in [5, 5.41) is 14.5. The summed E-state index contributed by atoms with van der Waals surface area (Å²) in [4.78, 5) is 2.11. The second kappa shape index (κ2) is 4.12. The maximum Gasteiger partial charge on any atom is 0.159 e. The third-order valence-corrected chi connectivity index (χ3v) is 4.52. The number of hydrogen-bond acceptors (Lipinski definition) is 2. The molecule has 4 rings (SSSR count). The van der Waals surface area contributed by atoms with E-state index in [1.165, 1.54) is 0 Å². The first-order valence-electron chi connectivity index (χ1n) is 6.46. The van der Waals surface area contributed by atoms with Gasteiger partial charge in [0.05, 0.1) is 12.2 Å². The van der Waals surface area contributed by atoms with Gasteiger partial charge in [0.1, 0.15) is 12.2 Å². The maximum absolute atomic E-state index is 13.2. The molecule has 0 radical (unpaired) electrons. The van der Waals surface area contributed by atoms with Crippen molar-refractivity contribution in [3.8, 4) is 0 Å². The summed E-state index contributed by atoms with van der Waals surface area (Å²) >= 11 is 12.1. The van der Waals surface area contributed by atoms with Crippen molar-refractivity contribution in [2.24, 2.45) is 0 Å². The summed E-state index contributed by atoms with van der Waals surface area (Å²) in [5.74, 6) is 0. The fourth-order valence-electron chi connectivity index (χ4n) is 3.25. The van der Waals surface area contributed by atoms with E-state index >= 15 is 0 Å². The zero-order valence-electron chi connectivity index (χ0n) is 10.6. The molecule has 1 atom stereocenters. The van der Waals surface area contributed by atoms with E-state index in [4.69, 9.17) is 23.2 Å². The number of quaternary nitrogens is 1. The number of nitrogens with zero attached hydrogens (tertiary/aromatic N) is 2. The highest BCUT2D eigenvalue weighted by Gasteiger charge is 2.38. The topological polar surface area (TPSA) is 26.3 Å². The number of rotatable bonds is 0. The highest BCUT2D eigenvalue weighted by Crippen LogP contribution is 2.43. The van der Waals surface area contributed by atoms with Crippen LogP contribution in [0.3, 0.4) is 0 Å². The van der Waals surface area contributed by atoms with Crippen molar-refractivity contribution in [1.29, 1.82) is 0 Å². The first-order chi connectivity index (χ1) is 9.55. The number of fused-ring (bicyclic) bond motifs is 6. The molecule has 2 aromatic carbocycles. The zero-order chi connectivity index (χ0) is 13.9. The van der Waals surface area contributed by atoms with Gasteiger partial charge in [0.25, 0.3) is 0 Å². The standard InChI is InChI=1S/C15H12Cl2N2O/c16-12-1-3-14-11(6-12)8-19(20)9-18(14)7-10-5-13(17)2-4-15(10)19/h1-6H,7-9H2. The van der Waals surface area contributed by atoms with Gasteiger partial charge in [0, 0.05) is 27.2 Å². The molecule has 0 aromatic heterocycles. The van der Waals surface area contributed by atoms with Crippen molar-refractivity contribution >= 4 is 34.6 Å². The molecule has 3 nitrogen and oxygen atoms in total. The molecule has 0 saturated heterocycles. The molecule has 2 aliphatic heterocycles. The monoisotopic (exact) mass is 306 g/mol. The lowest BCUT2D eigenvalue weighted by atomic mass is 10.0. The summed E-state index contributed by atoms with van der Waals surface area (Å²) < 4.78 is -0.361. The first-order valence-corrected chi connectivity index (χ1v) is 7.21. The van der Waals surface area contributed by atoms with Gasteiger partial charge in [0.2, 0.25) is 0 Å². The first kappa shape index (κ1) is 12.5. The number of benzene rings is 2. The Morgan fingerprint density at radius 2 is 1.70 bits per heavy atom. The Morgan fingerprint density at radius 1 is 1.00 bits per heavy atom. The molecular formula is C15H12Cl2N2O. The van der Waals surface area contributed by atoms with Crippen LogP contribution in [0.4, 0.5) is 11.4 Å². The SMILES string of the molecule is [O-][N+]12Cc3cc(Cl)ccc3N(Cc3cc(Cl)ccc31)C2. The fraction of sp³-hybridized carbons (Fsp3) is 0.200. The lowest BCUT2D eigenvalue weighted by Gasteiger charge is -2.53. The molecule has 0 amide bonds. The van der Waals surface area contributed by atoms with E-state index in [0.29, 0.717) is 29.8 Å². The van der Waals surface area contributed by atoms with Gasteiger partial charge in [-0.1, -0.05) is 23.2 Å². The van der Waals surface area contributed by atoms with Crippen molar-refractivity contribution in [1.82, 2.24) is 4.65 Å². The highest BCUT2D eigenvalue weighted by atomic mass is 35.5. The number of anilines is 1. The molecule has 5 heteroatoms. The fourth-order valence-corrected chi connectivity index (χ4v) is 3.64.